The van der Waals surface area contributed by atoms with E-state index < -0.39 is 5.41 Å². The van der Waals surface area contributed by atoms with Crippen molar-refractivity contribution in [3.05, 3.63) is 29.8 Å². The van der Waals surface area contributed by atoms with Crippen molar-refractivity contribution in [1.29, 1.82) is 5.26 Å². The van der Waals surface area contributed by atoms with Crippen molar-refractivity contribution in [2.24, 2.45) is 5.92 Å². The Hall–Kier alpha value is -1.53. The van der Waals surface area contributed by atoms with Gasteiger partial charge in [-0.15, -0.1) is 0 Å². The third kappa shape index (κ3) is 3.71. The van der Waals surface area contributed by atoms with Crippen molar-refractivity contribution >= 4 is 5.69 Å². The molecule has 0 unspecified atom stereocenters. The van der Waals surface area contributed by atoms with Gasteiger partial charge in [-0.05, 0) is 50.3 Å². The molecule has 3 nitrogen and oxygen atoms in total. The Morgan fingerprint density at radius 3 is 2.47 bits per heavy atom. The zero-order valence-corrected chi connectivity index (χ0v) is 11.8. The minimum Gasteiger partial charge on any atom is -0.385 e. The van der Waals surface area contributed by atoms with Crippen molar-refractivity contribution in [3.8, 4) is 6.07 Å². The quantitative estimate of drug-likeness (QED) is 0.901. The number of rotatable bonds is 4. The first-order chi connectivity index (χ1) is 9.12. The van der Waals surface area contributed by atoms with E-state index in [9.17, 15) is 0 Å². The van der Waals surface area contributed by atoms with Crippen molar-refractivity contribution in [3.63, 3.8) is 0 Å². The summed E-state index contributed by atoms with van der Waals surface area (Å²) in [6.45, 7) is 6.67. The van der Waals surface area contributed by atoms with Gasteiger partial charge in [-0.2, -0.15) is 5.26 Å². The molecule has 0 amide bonds. The van der Waals surface area contributed by atoms with E-state index in [0.717, 1.165) is 43.9 Å². The second-order valence-corrected chi connectivity index (χ2v) is 5.75. The molecule has 2 rings (SSSR count). The van der Waals surface area contributed by atoms with Crippen LogP contribution >= 0.6 is 0 Å². The summed E-state index contributed by atoms with van der Waals surface area (Å²) in [4.78, 5) is 0. The summed E-state index contributed by atoms with van der Waals surface area (Å²) >= 11 is 0. The molecule has 0 saturated carbocycles. The number of nitrogens with zero attached hydrogens (tertiary/aromatic N) is 1. The molecule has 0 aromatic heterocycles. The number of hydrogen-bond donors (Lipinski definition) is 1. The minimum absolute atomic E-state index is 0.417. The van der Waals surface area contributed by atoms with Gasteiger partial charge in [0.2, 0.25) is 0 Å². The normalized spacial score (nSPS) is 16.9. The van der Waals surface area contributed by atoms with Gasteiger partial charge < -0.3 is 10.1 Å². The summed E-state index contributed by atoms with van der Waals surface area (Å²) in [5.41, 5.74) is 1.77. The fourth-order valence-corrected chi connectivity index (χ4v) is 2.28. The van der Waals surface area contributed by atoms with Gasteiger partial charge in [0, 0.05) is 25.4 Å². The molecule has 0 radical (unpaired) electrons. The van der Waals surface area contributed by atoms with Crippen molar-refractivity contribution in [1.82, 2.24) is 0 Å². The molecule has 0 spiro atoms. The maximum Gasteiger partial charge on any atom is 0.0766 e. The lowest BCUT2D eigenvalue weighted by Gasteiger charge is -2.23. The molecular formula is C16H22N2O. The first-order valence-corrected chi connectivity index (χ1v) is 6.95. The fourth-order valence-electron chi connectivity index (χ4n) is 2.28. The fraction of sp³-hybridized carbons (Fsp3) is 0.562. The highest BCUT2D eigenvalue weighted by molar-refractivity contribution is 5.47. The van der Waals surface area contributed by atoms with Gasteiger partial charge in [-0.1, -0.05) is 12.1 Å². The summed E-state index contributed by atoms with van der Waals surface area (Å²) in [7, 11) is 0. The molecule has 0 bridgehead atoms. The number of hydrogen-bond acceptors (Lipinski definition) is 3. The number of benzene rings is 1. The standard InChI is InChI=1S/C16H22N2O/c1-16(2,12-17)14-3-5-15(6-4-14)18-11-13-7-9-19-10-8-13/h3-6,13,18H,7-11H2,1-2H3. The van der Waals surface area contributed by atoms with Crippen LogP contribution in [0.3, 0.4) is 0 Å². The molecule has 0 atom stereocenters. The van der Waals surface area contributed by atoms with Crippen molar-refractivity contribution in [2.45, 2.75) is 32.1 Å². The topological polar surface area (TPSA) is 45.0 Å². The van der Waals surface area contributed by atoms with Crippen LogP contribution in [0.4, 0.5) is 5.69 Å². The van der Waals surface area contributed by atoms with Crippen molar-refractivity contribution in [2.75, 3.05) is 25.1 Å². The Labute approximate surface area is 115 Å². The Morgan fingerprint density at radius 1 is 1.26 bits per heavy atom. The van der Waals surface area contributed by atoms with Gasteiger partial charge in [0.1, 0.15) is 0 Å². The average molecular weight is 258 g/mol. The molecule has 1 fully saturated rings. The van der Waals surface area contributed by atoms with E-state index in [0.29, 0.717) is 5.92 Å². The van der Waals surface area contributed by atoms with Gasteiger partial charge in [0.05, 0.1) is 11.5 Å². The third-order valence-electron chi connectivity index (χ3n) is 3.82. The van der Waals surface area contributed by atoms with Crippen molar-refractivity contribution < 1.29 is 4.74 Å². The van der Waals surface area contributed by atoms with Crippen LogP contribution in [0.5, 0.6) is 0 Å². The number of anilines is 1. The second-order valence-electron chi connectivity index (χ2n) is 5.75. The number of ether oxygens (including phenoxy) is 1. The zero-order valence-electron chi connectivity index (χ0n) is 11.8. The van der Waals surface area contributed by atoms with Crippen LogP contribution in [0.15, 0.2) is 24.3 Å². The van der Waals surface area contributed by atoms with E-state index in [-0.39, 0.29) is 0 Å². The molecule has 19 heavy (non-hydrogen) atoms. The molecule has 1 heterocycles. The van der Waals surface area contributed by atoms with E-state index in [1.807, 2.05) is 26.0 Å². The summed E-state index contributed by atoms with van der Waals surface area (Å²) in [6.07, 6.45) is 2.29. The number of nitriles is 1. The highest BCUT2D eigenvalue weighted by atomic mass is 16.5. The maximum atomic E-state index is 9.11. The molecule has 1 saturated heterocycles. The molecule has 1 aliphatic heterocycles. The van der Waals surface area contributed by atoms with Crippen LogP contribution in [-0.4, -0.2) is 19.8 Å². The van der Waals surface area contributed by atoms with E-state index in [2.05, 4.69) is 23.5 Å². The summed E-state index contributed by atoms with van der Waals surface area (Å²) in [5.74, 6) is 0.712. The van der Waals surface area contributed by atoms with E-state index in [4.69, 9.17) is 10.00 Å². The minimum atomic E-state index is -0.417. The maximum absolute atomic E-state index is 9.11. The molecule has 3 heteroatoms. The second kappa shape index (κ2) is 6.08. The van der Waals surface area contributed by atoms with Gasteiger partial charge in [-0.25, -0.2) is 0 Å². The average Bonchev–Trinajstić information content (AvgIpc) is 2.47. The van der Waals surface area contributed by atoms with Gasteiger partial charge >= 0.3 is 0 Å². The van der Waals surface area contributed by atoms with E-state index in [1.54, 1.807) is 0 Å². The first-order valence-electron chi connectivity index (χ1n) is 6.95. The highest BCUT2D eigenvalue weighted by Gasteiger charge is 2.19. The Bertz CT molecular complexity index is 439. The van der Waals surface area contributed by atoms with E-state index in [1.165, 1.54) is 0 Å². The van der Waals surface area contributed by atoms with Crippen LogP contribution in [0.25, 0.3) is 0 Å². The predicted molar refractivity (Wildman–Crippen MR) is 77.1 cm³/mol. The van der Waals surface area contributed by atoms with E-state index >= 15 is 0 Å². The number of nitrogens with one attached hydrogen (secondary N) is 1. The largest absolute Gasteiger partial charge is 0.385 e. The molecule has 1 aliphatic rings. The zero-order chi connectivity index (χ0) is 13.7. The molecule has 1 aromatic rings. The summed E-state index contributed by atoms with van der Waals surface area (Å²) in [6, 6.07) is 10.5. The summed E-state index contributed by atoms with van der Waals surface area (Å²) < 4.78 is 5.36. The Balaban J connectivity index is 1.90. The lowest BCUT2D eigenvalue weighted by Crippen LogP contribution is -2.22. The van der Waals surface area contributed by atoms with Crippen LogP contribution < -0.4 is 5.32 Å². The van der Waals surface area contributed by atoms with Crippen LogP contribution in [0.2, 0.25) is 0 Å². The molecular weight excluding hydrogens is 236 g/mol. The SMILES string of the molecule is CC(C)(C#N)c1ccc(NCC2CCOCC2)cc1. The highest BCUT2D eigenvalue weighted by Crippen LogP contribution is 2.24. The molecule has 0 aliphatic carbocycles. The molecule has 1 aromatic carbocycles. The lowest BCUT2D eigenvalue weighted by atomic mass is 9.86. The molecule has 102 valence electrons. The third-order valence-corrected chi connectivity index (χ3v) is 3.82. The van der Waals surface area contributed by atoms with Gasteiger partial charge in [0.15, 0.2) is 0 Å². The Kier molecular flexibility index (Phi) is 4.44. The summed E-state index contributed by atoms with van der Waals surface area (Å²) in [5, 5.41) is 12.6. The monoisotopic (exact) mass is 258 g/mol. The van der Waals surface area contributed by atoms with Crippen LogP contribution in [0, 0.1) is 17.2 Å². The predicted octanol–water partition coefficient (Wildman–Crippen LogP) is 3.33. The first kappa shape index (κ1) is 13.9. The van der Waals surface area contributed by atoms with Crippen LogP contribution in [0.1, 0.15) is 32.3 Å². The molecule has 1 N–H and O–H groups in total. The van der Waals surface area contributed by atoms with Gasteiger partial charge in [0.25, 0.3) is 0 Å². The Morgan fingerprint density at radius 2 is 1.89 bits per heavy atom. The smallest absolute Gasteiger partial charge is 0.0766 e. The van der Waals surface area contributed by atoms with Gasteiger partial charge in [-0.3, -0.25) is 0 Å². The lowest BCUT2D eigenvalue weighted by molar-refractivity contribution is 0.0699. The van der Waals surface area contributed by atoms with Crippen LogP contribution in [-0.2, 0) is 10.2 Å².